The molecule has 0 saturated heterocycles. The van der Waals surface area contributed by atoms with E-state index in [1.165, 1.54) is 0 Å². The lowest BCUT2D eigenvalue weighted by Gasteiger charge is -2.07. The number of rotatable bonds is 4. The summed E-state index contributed by atoms with van der Waals surface area (Å²) in [6, 6.07) is 3.74. The number of H-pyrrole nitrogens is 1. The maximum Gasteiger partial charge on any atom is 0.226 e. The van der Waals surface area contributed by atoms with Crippen molar-refractivity contribution in [1.29, 1.82) is 0 Å². The highest BCUT2D eigenvalue weighted by molar-refractivity contribution is 6.28. The van der Waals surface area contributed by atoms with Crippen LogP contribution in [0.5, 0.6) is 5.88 Å². The first-order valence-corrected chi connectivity index (χ1v) is 6.23. The van der Waals surface area contributed by atoms with Crippen LogP contribution >= 0.6 is 11.6 Å². The molecule has 8 heteroatoms. The van der Waals surface area contributed by atoms with Crippen molar-refractivity contribution in [1.82, 2.24) is 25.1 Å². The Kier molecular flexibility index (Phi) is 3.34. The zero-order valence-electron chi connectivity index (χ0n) is 10.6. The zero-order valence-corrected chi connectivity index (χ0v) is 11.3. The minimum Gasteiger partial charge on any atom is -0.481 e. The van der Waals surface area contributed by atoms with Crippen LogP contribution in [0.2, 0.25) is 5.28 Å². The van der Waals surface area contributed by atoms with Gasteiger partial charge in [-0.25, -0.2) is 4.98 Å². The molecule has 0 fully saturated rings. The Morgan fingerprint density at radius 3 is 3.15 bits per heavy atom. The molecule has 20 heavy (non-hydrogen) atoms. The van der Waals surface area contributed by atoms with E-state index >= 15 is 0 Å². The quantitative estimate of drug-likeness (QED) is 0.715. The fourth-order valence-electron chi connectivity index (χ4n) is 1.80. The molecule has 102 valence electrons. The first-order chi connectivity index (χ1) is 9.76. The van der Waals surface area contributed by atoms with Gasteiger partial charge in [-0.3, -0.25) is 5.10 Å². The molecular formula is C12H11ClN6O. The summed E-state index contributed by atoms with van der Waals surface area (Å²) in [5.41, 5.74) is 1.61. The average molecular weight is 291 g/mol. The second-order valence-electron chi connectivity index (χ2n) is 4.03. The van der Waals surface area contributed by atoms with E-state index in [1.54, 1.807) is 19.5 Å². The monoisotopic (exact) mass is 290 g/mol. The van der Waals surface area contributed by atoms with Crippen LogP contribution in [0.25, 0.3) is 11.0 Å². The average Bonchev–Trinajstić information content (AvgIpc) is 2.93. The van der Waals surface area contributed by atoms with Crippen molar-refractivity contribution in [3.05, 3.63) is 35.4 Å². The number of nitrogens with one attached hydrogen (secondary N) is 2. The van der Waals surface area contributed by atoms with Gasteiger partial charge in [-0.1, -0.05) is 0 Å². The van der Waals surface area contributed by atoms with Crippen LogP contribution in [0.15, 0.2) is 24.5 Å². The van der Waals surface area contributed by atoms with E-state index < -0.39 is 0 Å². The lowest BCUT2D eigenvalue weighted by Crippen LogP contribution is -2.03. The summed E-state index contributed by atoms with van der Waals surface area (Å²) in [4.78, 5) is 12.3. The lowest BCUT2D eigenvalue weighted by atomic mass is 10.2. The number of fused-ring (bicyclic) bond motifs is 1. The summed E-state index contributed by atoms with van der Waals surface area (Å²) >= 11 is 5.87. The SMILES string of the molecule is COc1cc(CNc2nc(Cl)nc3[nH]ncc23)ccn1. The van der Waals surface area contributed by atoms with Crippen molar-refractivity contribution in [2.75, 3.05) is 12.4 Å². The smallest absolute Gasteiger partial charge is 0.226 e. The fourth-order valence-corrected chi connectivity index (χ4v) is 1.97. The van der Waals surface area contributed by atoms with Gasteiger partial charge in [-0.05, 0) is 23.2 Å². The molecule has 0 aliphatic carbocycles. The van der Waals surface area contributed by atoms with E-state index in [0.717, 1.165) is 10.9 Å². The van der Waals surface area contributed by atoms with Gasteiger partial charge in [0.2, 0.25) is 11.2 Å². The first kappa shape index (κ1) is 12.6. The number of aromatic amines is 1. The van der Waals surface area contributed by atoms with E-state index in [0.29, 0.717) is 23.9 Å². The molecule has 0 amide bonds. The van der Waals surface area contributed by atoms with Crippen LogP contribution in [0.4, 0.5) is 5.82 Å². The number of hydrogen-bond donors (Lipinski definition) is 2. The Morgan fingerprint density at radius 1 is 1.40 bits per heavy atom. The van der Waals surface area contributed by atoms with Crippen molar-refractivity contribution in [3.8, 4) is 5.88 Å². The maximum atomic E-state index is 5.87. The minimum atomic E-state index is 0.163. The lowest BCUT2D eigenvalue weighted by molar-refractivity contribution is 0.397. The molecule has 0 atom stereocenters. The summed E-state index contributed by atoms with van der Waals surface area (Å²) in [6.07, 6.45) is 3.34. The first-order valence-electron chi connectivity index (χ1n) is 5.85. The maximum absolute atomic E-state index is 5.87. The van der Waals surface area contributed by atoms with Crippen molar-refractivity contribution >= 4 is 28.5 Å². The van der Waals surface area contributed by atoms with Crippen molar-refractivity contribution in [2.24, 2.45) is 0 Å². The third kappa shape index (κ3) is 2.48. The highest BCUT2D eigenvalue weighted by Gasteiger charge is 2.08. The number of nitrogens with zero attached hydrogens (tertiary/aromatic N) is 4. The molecule has 0 radical (unpaired) electrons. The van der Waals surface area contributed by atoms with Crippen LogP contribution in [0.3, 0.4) is 0 Å². The topological polar surface area (TPSA) is 88.6 Å². The zero-order chi connectivity index (χ0) is 13.9. The van der Waals surface area contributed by atoms with Gasteiger partial charge in [0.15, 0.2) is 5.65 Å². The number of pyridine rings is 1. The van der Waals surface area contributed by atoms with Gasteiger partial charge >= 0.3 is 0 Å². The molecule has 0 bridgehead atoms. The predicted molar refractivity (Wildman–Crippen MR) is 74.8 cm³/mol. The molecule has 0 unspecified atom stereocenters. The number of aromatic nitrogens is 5. The Bertz CT molecular complexity index is 744. The van der Waals surface area contributed by atoms with Crippen molar-refractivity contribution < 1.29 is 4.74 Å². The van der Waals surface area contributed by atoms with Gasteiger partial charge in [0, 0.05) is 18.8 Å². The van der Waals surface area contributed by atoms with E-state index in [-0.39, 0.29) is 5.28 Å². The van der Waals surface area contributed by atoms with Crippen LogP contribution in [0, 0.1) is 0 Å². The van der Waals surface area contributed by atoms with E-state index in [4.69, 9.17) is 16.3 Å². The standard InChI is InChI=1S/C12H11ClN6O/c1-20-9-4-7(2-3-14-9)5-15-10-8-6-16-19-11(8)18-12(13)17-10/h2-4,6H,5H2,1H3,(H2,15,16,17,18,19). The summed E-state index contributed by atoms with van der Waals surface area (Å²) in [5, 5.41) is 10.8. The largest absolute Gasteiger partial charge is 0.481 e. The third-order valence-corrected chi connectivity index (χ3v) is 2.92. The number of halogens is 1. The summed E-state index contributed by atoms with van der Waals surface area (Å²) < 4.78 is 5.08. The molecule has 0 spiro atoms. The molecule has 0 aromatic carbocycles. The van der Waals surface area contributed by atoms with Gasteiger partial charge in [-0.2, -0.15) is 15.1 Å². The molecule has 3 aromatic heterocycles. The summed E-state index contributed by atoms with van der Waals surface area (Å²) in [7, 11) is 1.58. The van der Waals surface area contributed by atoms with Gasteiger partial charge in [0.1, 0.15) is 5.82 Å². The number of hydrogen-bond acceptors (Lipinski definition) is 6. The van der Waals surface area contributed by atoms with Gasteiger partial charge in [0.05, 0.1) is 18.7 Å². The normalized spacial score (nSPS) is 10.7. The van der Waals surface area contributed by atoms with Gasteiger partial charge < -0.3 is 10.1 Å². The third-order valence-electron chi connectivity index (χ3n) is 2.75. The van der Waals surface area contributed by atoms with E-state index in [9.17, 15) is 0 Å². The number of anilines is 1. The van der Waals surface area contributed by atoms with Crippen LogP contribution in [0.1, 0.15) is 5.56 Å². The Hall–Kier alpha value is -2.41. The predicted octanol–water partition coefficient (Wildman–Crippen LogP) is 2.02. The Morgan fingerprint density at radius 2 is 2.30 bits per heavy atom. The molecule has 3 rings (SSSR count). The van der Waals surface area contributed by atoms with Gasteiger partial charge in [-0.15, -0.1) is 0 Å². The van der Waals surface area contributed by atoms with Crippen molar-refractivity contribution in [2.45, 2.75) is 6.54 Å². The Balaban J connectivity index is 1.84. The molecule has 3 heterocycles. The second-order valence-corrected chi connectivity index (χ2v) is 4.37. The molecular weight excluding hydrogens is 280 g/mol. The highest BCUT2D eigenvalue weighted by atomic mass is 35.5. The van der Waals surface area contributed by atoms with E-state index in [1.807, 2.05) is 12.1 Å². The summed E-state index contributed by atoms with van der Waals surface area (Å²) in [6.45, 7) is 0.562. The summed E-state index contributed by atoms with van der Waals surface area (Å²) in [5.74, 6) is 1.20. The molecule has 7 nitrogen and oxygen atoms in total. The molecule has 0 saturated carbocycles. The van der Waals surface area contributed by atoms with Crippen LogP contribution < -0.4 is 10.1 Å². The molecule has 0 aliphatic heterocycles. The molecule has 2 N–H and O–H groups in total. The second kappa shape index (κ2) is 5.30. The minimum absolute atomic E-state index is 0.163. The fraction of sp³-hybridized carbons (Fsp3) is 0.167. The van der Waals surface area contributed by atoms with Gasteiger partial charge in [0.25, 0.3) is 0 Å². The Labute approximate surface area is 119 Å². The van der Waals surface area contributed by atoms with Crippen LogP contribution in [-0.2, 0) is 6.54 Å². The number of ether oxygens (including phenoxy) is 1. The highest BCUT2D eigenvalue weighted by Crippen LogP contribution is 2.20. The number of methoxy groups -OCH3 is 1. The van der Waals surface area contributed by atoms with Crippen molar-refractivity contribution in [3.63, 3.8) is 0 Å². The van der Waals surface area contributed by atoms with E-state index in [2.05, 4.69) is 30.5 Å². The van der Waals surface area contributed by atoms with Crippen LogP contribution in [-0.4, -0.2) is 32.3 Å². The molecule has 0 aliphatic rings. The molecule has 3 aromatic rings.